The van der Waals surface area contributed by atoms with Crippen LogP contribution in [-0.4, -0.2) is 159 Å². The van der Waals surface area contributed by atoms with Crippen LogP contribution in [0.15, 0.2) is 35.3 Å². The largest absolute Gasteiger partial charge is 0.481 e. The highest BCUT2D eigenvalue weighted by molar-refractivity contribution is 5.99. The first-order chi connectivity index (χ1) is 34.6. The average Bonchev–Trinajstić information content (AvgIpc) is 3.30. The minimum absolute atomic E-state index is 0.0449. The number of benzene rings is 1. The number of hydrogen-bond donors (Lipinski definition) is 15. The number of nitrogens with zero attached hydrogens (tertiary/aromatic N) is 1. The number of hydrogen-bond acceptors (Lipinski definition) is 14. The molecule has 0 aliphatic heterocycles. The van der Waals surface area contributed by atoms with Crippen molar-refractivity contribution in [1.29, 1.82) is 0 Å². The van der Waals surface area contributed by atoms with Gasteiger partial charge < -0.3 is 80.2 Å². The third-order valence-electron chi connectivity index (χ3n) is 11.0. The first-order valence-electron chi connectivity index (χ1n) is 24.1. The third-order valence-corrected chi connectivity index (χ3v) is 11.0. The van der Waals surface area contributed by atoms with E-state index in [4.69, 9.17) is 17.2 Å². The molecule has 0 bridgehead atoms. The summed E-state index contributed by atoms with van der Waals surface area (Å²) in [7, 11) is 0. The van der Waals surface area contributed by atoms with Crippen molar-refractivity contribution in [3.05, 3.63) is 35.9 Å². The van der Waals surface area contributed by atoms with Gasteiger partial charge in [-0.25, -0.2) is 4.79 Å². The van der Waals surface area contributed by atoms with Crippen LogP contribution >= 0.6 is 0 Å². The van der Waals surface area contributed by atoms with Gasteiger partial charge in [-0.15, -0.1) is 0 Å². The lowest BCUT2D eigenvalue weighted by Gasteiger charge is -2.28. The molecule has 0 radical (unpaired) electrons. The van der Waals surface area contributed by atoms with Gasteiger partial charge in [-0.3, -0.25) is 52.9 Å². The van der Waals surface area contributed by atoms with E-state index in [0.717, 1.165) is 0 Å². The van der Waals surface area contributed by atoms with Crippen LogP contribution < -0.4 is 59.7 Å². The Morgan fingerprint density at radius 1 is 0.541 bits per heavy atom. The van der Waals surface area contributed by atoms with Crippen LogP contribution in [0.25, 0.3) is 0 Å². The molecule has 0 heterocycles. The molecule has 0 unspecified atom stereocenters. The number of guanidine groups is 1. The number of carboxylic acids is 3. The van der Waals surface area contributed by atoms with Gasteiger partial charge in [0.15, 0.2) is 5.96 Å². The van der Waals surface area contributed by atoms with E-state index in [0.29, 0.717) is 12.0 Å². The Bertz CT molecular complexity index is 2120. The highest BCUT2D eigenvalue weighted by Gasteiger charge is 2.36. The molecule has 8 amide bonds. The van der Waals surface area contributed by atoms with E-state index < -0.39 is 151 Å². The van der Waals surface area contributed by atoms with E-state index >= 15 is 0 Å². The molecule has 0 fully saturated rings. The van der Waals surface area contributed by atoms with Gasteiger partial charge in [0.05, 0.1) is 19.1 Å². The van der Waals surface area contributed by atoms with Crippen LogP contribution in [0.1, 0.15) is 99.0 Å². The number of aliphatic carboxylic acids is 3. The highest BCUT2D eigenvalue weighted by Crippen LogP contribution is 2.13. The quantitative estimate of drug-likeness (QED) is 0.0182. The van der Waals surface area contributed by atoms with Gasteiger partial charge in [0.25, 0.3) is 0 Å². The summed E-state index contributed by atoms with van der Waals surface area (Å²) in [6, 6.07) is -4.77. The molecule has 27 nitrogen and oxygen atoms in total. The van der Waals surface area contributed by atoms with E-state index in [1.807, 2.05) is 0 Å². The maximum Gasteiger partial charge on any atom is 0.326 e. The lowest BCUT2D eigenvalue weighted by Crippen LogP contribution is -2.61. The lowest BCUT2D eigenvalue weighted by atomic mass is 9.99. The summed E-state index contributed by atoms with van der Waals surface area (Å²) < 4.78 is 0. The summed E-state index contributed by atoms with van der Waals surface area (Å²) in [4.78, 5) is 147. The van der Waals surface area contributed by atoms with Gasteiger partial charge in [0.1, 0.15) is 48.3 Å². The number of carbonyl (C=O) groups excluding carboxylic acids is 8. The maximum atomic E-state index is 13.9. The Balaban J connectivity index is 3.28. The molecule has 0 aliphatic rings. The molecule has 414 valence electrons. The second-order valence-corrected chi connectivity index (χ2v) is 18.9. The summed E-state index contributed by atoms with van der Waals surface area (Å²) >= 11 is 0. The smallest absolute Gasteiger partial charge is 0.326 e. The number of nitrogens with two attached hydrogens (primary N) is 3. The molecule has 18 N–H and O–H groups in total. The summed E-state index contributed by atoms with van der Waals surface area (Å²) in [6.07, 6.45) is -2.02. The molecular weight excluding hydrogens is 973 g/mol. The standard InChI is InChI=1S/C47H76N12O15/c1-23(2)18-30(41(68)54-31(19-24(3)4)42(69)57-33(46(73)74)20-27-12-9-8-10-13-27)55-43(70)32(21-36(63)64)56-40(67)29(15-16-35(61)62)53-45(72)37(25(5)6)59-38(65)26(7)52-44(71)34(22-60)58-39(66)28(48)14-11-17-51-47(49)50/h8-10,12-13,23-26,28-34,37,60H,11,14-22,48H2,1-7H3,(H,52,71)(H,53,72)(H,54,68)(H,55,70)(H,56,67)(H,57,69)(H,58,66)(H,59,65)(H,61,62)(H,63,64)(H,73,74)(H4,49,50,51)/t26-,28-,29-,30-,31-,32-,33-,34-,37-/m0/s1. The van der Waals surface area contributed by atoms with Gasteiger partial charge in [0, 0.05) is 19.4 Å². The van der Waals surface area contributed by atoms with E-state index in [2.05, 4.69) is 47.5 Å². The summed E-state index contributed by atoms with van der Waals surface area (Å²) in [5.74, 6) is -13.6. The van der Waals surface area contributed by atoms with Crippen molar-refractivity contribution in [3.8, 4) is 0 Å². The Morgan fingerprint density at radius 3 is 1.49 bits per heavy atom. The molecule has 0 aromatic heterocycles. The maximum absolute atomic E-state index is 13.9. The SMILES string of the molecule is CC(C)C[C@H](NC(=O)[C@H](CC(C)C)NC(=O)[C@H](CC(=O)O)NC(=O)[C@H](CCC(=O)O)NC(=O)[C@@H](NC(=O)[C@H](C)NC(=O)[C@H](CO)NC(=O)[C@@H](N)CCCN=C(N)N)C(C)C)C(=O)N[C@@H](Cc1ccccc1)C(=O)O. The summed E-state index contributed by atoms with van der Waals surface area (Å²) in [6.45, 7) is 10.5. The Hall–Kier alpha value is -7.42. The molecule has 9 atom stereocenters. The zero-order valence-electron chi connectivity index (χ0n) is 42.8. The Kier molecular flexibility index (Phi) is 28.5. The number of carbonyl (C=O) groups is 11. The zero-order valence-corrected chi connectivity index (χ0v) is 42.8. The molecule has 0 aliphatic carbocycles. The van der Waals surface area contributed by atoms with Crippen molar-refractivity contribution in [2.24, 2.45) is 39.9 Å². The van der Waals surface area contributed by atoms with Crippen molar-refractivity contribution >= 4 is 71.1 Å². The predicted octanol–water partition coefficient (Wildman–Crippen LogP) is -3.33. The molecule has 74 heavy (non-hydrogen) atoms. The van der Waals surface area contributed by atoms with Gasteiger partial charge in [-0.1, -0.05) is 71.9 Å². The molecular formula is C47H76N12O15. The second kappa shape index (κ2) is 32.6. The van der Waals surface area contributed by atoms with Gasteiger partial charge >= 0.3 is 17.9 Å². The van der Waals surface area contributed by atoms with Crippen LogP contribution in [0.4, 0.5) is 0 Å². The van der Waals surface area contributed by atoms with Crippen molar-refractivity contribution in [3.63, 3.8) is 0 Å². The number of nitrogens with one attached hydrogen (secondary N) is 8. The van der Waals surface area contributed by atoms with Crippen LogP contribution in [0, 0.1) is 17.8 Å². The summed E-state index contributed by atoms with van der Waals surface area (Å²) in [5, 5.41) is 58.0. The zero-order chi connectivity index (χ0) is 56.4. The first kappa shape index (κ1) is 64.6. The van der Waals surface area contributed by atoms with Crippen molar-refractivity contribution in [2.75, 3.05) is 13.2 Å². The Labute approximate surface area is 429 Å². The van der Waals surface area contributed by atoms with E-state index in [-0.39, 0.29) is 50.0 Å². The van der Waals surface area contributed by atoms with E-state index in [1.165, 1.54) is 20.8 Å². The molecule has 0 spiro atoms. The number of amides is 8. The van der Waals surface area contributed by atoms with E-state index in [9.17, 15) is 73.2 Å². The minimum atomic E-state index is -1.93. The van der Waals surface area contributed by atoms with Gasteiger partial charge in [-0.2, -0.15) is 0 Å². The fourth-order valence-electron chi connectivity index (χ4n) is 7.04. The average molecular weight is 1050 g/mol. The number of aliphatic hydroxyl groups excluding tert-OH is 1. The van der Waals surface area contributed by atoms with E-state index in [1.54, 1.807) is 58.0 Å². The van der Waals surface area contributed by atoms with Crippen LogP contribution in [-0.2, 0) is 59.2 Å². The summed E-state index contributed by atoms with van der Waals surface area (Å²) in [5.41, 5.74) is 17.0. The Morgan fingerprint density at radius 2 is 1.01 bits per heavy atom. The molecule has 0 saturated heterocycles. The van der Waals surface area contributed by atoms with Gasteiger partial charge in [-0.05, 0) is 62.3 Å². The fraction of sp³-hybridized carbons (Fsp3) is 0.617. The first-order valence-corrected chi connectivity index (χ1v) is 24.1. The highest BCUT2D eigenvalue weighted by atomic mass is 16.4. The number of aliphatic hydroxyl groups is 1. The number of aliphatic imine (C=N–C) groups is 1. The molecule has 1 rings (SSSR count). The fourth-order valence-corrected chi connectivity index (χ4v) is 7.04. The molecule has 27 heteroatoms. The molecule has 1 aromatic rings. The topological polar surface area (TPSA) is 455 Å². The molecule has 0 saturated carbocycles. The van der Waals surface area contributed by atoms with Gasteiger partial charge in [0.2, 0.25) is 47.3 Å². The molecule has 1 aromatic carbocycles. The third kappa shape index (κ3) is 24.8. The van der Waals surface area contributed by atoms with Crippen molar-refractivity contribution < 1.29 is 73.2 Å². The van der Waals surface area contributed by atoms with Crippen molar-refractivity contribution in [2.45, 2.75) is 154 Å². The number of carboxylic acid groups (broad SMARTS) is 3. The van der Waals surface area contributed by atoms with Crippen LogP contribution in [0.3, 0.4) is 0 Å². The van der Waals surface area contributed by atoms with Crippen LogP contribution in [0.2, 0.25) is 0 Å². The monoisotopic (exact) mass is 1050 g/mol. The van der Waals surface area contributed by atoms with Crippen LogP contribution in [0.5, 0.6) is 0 Å². The normalized spacial score (nSPS) is 14.8. The predicted molar refractivity (Wildman–Crippen MR) is 267 cm³/mol. The minimum Gasteiger partial charge on any atom is -0.481 e. The number of rotatable bonds is 34. The second-order valence-electron chi connectivity index (χ2n) is 18.9. The lowest BCUT2D eigenvalue weighted by molar-refractivity contribution is -0.142. The van der Waals surface area contributed by atoms with Crippen molar-refractivity contribution in [1.82, 2.24) is 42.5 Å².